The van der Waals surface area contributed by atoms with Crippen molar-refractivity contribution in [1.29, 1.82) is 0 Å². The summed E-state index contributed by atoms with van der Waals surface area (Å²) in [5, 5.41) is 6.95. The predicted molar refractivity (Wildman–Crippen MR) is 115 cm³/mol. The Morgan fingerprint density at radius 2 is 1.71 bits per heavy atom. The summed E-state index contributed by atoms with van der Waals surface area (Å²) in [4.78, 5) is 25.0. The first-order valence-electron chi connectivity index (χ1n) is 8.92. The molecule has 0 spiro atoms. The van der Waals surface area contributed by atoms with Gasteiger partial charge < -0.3 is 18.7 Å². The van der Waals surface area contributed by atoms with Gasteiger partial charge in [0.15, 0.2) is 17.1 Å². The third-order valence-electron chi connectivity index (χ3n) is 4.35. The zero-order valence-corrected chi connectivity index (χ0v) is 18.3. The van der Waals surface area contributed by atoms with Gasteiger partial charge in [0.1, 0.15) is 5.69 Å². The second-order valence-electron chi connectivity index (χ2n) is 6.24. The second kappa shape index (κ2) is 9.72. The summed E-state index contributed by atoms with van der Waals surface area (Å²) >= 11 is 12.5. The van der Waals surface area contributed by atoms with E-state index in [1.165, 1.54) is 21.3 Å². The number of amides is 1. The smallest absolute Gasteiger partial charge is 0.345 e. The number of carbonyl (C=O) groups is 2. The molecule has 0 aliphatic rings. The summed E-state index contributed by atoms with van der Waals surface area (Å²) < 4.78 is 20.5. The number of aromatic nitrogens is 1. The molecule has 0 radical (unpaired) electrons. The number of esters is 1. The molecular formula is C21H18Cl2N2O6. The molecule has 0 saturated heterocycles. The summed E-state index contributed by atoms with van der Waals surface area (Å²) in [5.74, 6) is -0.378. The van der Waals surface area contributed by atoms with Gasteiger partial charge in [0.2, 0.25) is 11.8 Å². The molecule has 0 aliphatic heterocycles. The lowest BCUT2D eigenvalue weighted by atomic mass is 10.1. The Hall–Kier alpha value is -3.23. The van der Waals surface area contributed by atoms with Gasteiger partial charge in [-0.3, -0.25) is 10.1 Å². The summed E-state index contributed by atoms with van der Waals surface area (Å²) in [7, 11) is 4.22. The molecule has 10 heteroatoms. The van der Waals surface area contributed by atoms with Crippen LogP contribution in [0.3, 0.4) is 0 Å². The standard InChI is InChI=1S/C21H18Cl2N2O6/c1-28-14-8-7-11(9-15(14)29-2)10-16(26)24-20-18(21(27)30-3)19(25-31-20)17-12(22)5-4-6-13(17)23/h4-9H,10H2,1-3H3,(H,24,26). The largest absolute Gasteiger partial charge is 0.493 e. The normalized spacial score (nSPS) is 10.5. The van der Waals surface area contributed by atoms with Crippen molar-refractivity contribution in [2.45, 2.75) is 6.42 Å². The van der Waals surface area contributed by atoms with Crippen molar-refractivity contribution in [2.24, 2.45) is 0 Å². The summed E-state index contributed by atoms with van der Waals surface area (Å²) in [6, 6.07) is 9.92. The van der Waals surface area contributed by atoms with Crippen molar-refractivity contribution in [3.8, 4) is 22.8 Å². The van der Waals surface area contributed by atoms with E-state index in [0.29, 0.717) is 17.1 Å². The first-order valence-corrected chi connectivity index (χ1v) is 9.68. The van der Waals surface area contributed by atoms with Gasteiger partial charge in [-0.25, -0.2) is 4.79 Å². The monoisotopic (exact) mass is 464 g/mol. The van der Waals surface area contributed by atoms with Gasteiger partial charge in [0.05, 0.1) is 37.8 Å². The van der Waals surface area contributed by atoms with E-state index in [1.807, 2.05) is 0 Å². The molecule has 162 valence electrons. The zero-order chi connectivity index (χ0) is 22.5. The molecule has 0 bridgehead atoms. The minimum atomic E-state index is -0.770. The molecular weight excluding hydrogens is 447 g/mol. The molecule has 8 nitrogen and oxygen atoms in total. The Labute approximate surface area is 188 Å². The molecule has 1 aromatic heterocycles. The van der Waals surface area contributed by atoms with Crippen LogP contribution in [0.15, 0.2) is 40.9 Å². The molecule has 0 fully saturated rings. The van der Waals surface area contributed by atoms with E-state index in [2.05, 4.69) is 10.5 Å². The van der Waals surface area contributed by atoms with Crippen molar-refractivity contribution in [3.63, 3.8) is 0 Å². The number of anilines is 1. The molecule has 2 aromatic carbocycles. The van der Waals surface area contributed by atoms with E-state index in [9.17, 15) is 9.59 Å². The van der Waals surface area contributed by atoms with Crippen LogP contribution in [0.25, 0.3) is 11.3 Å². The molecule has 1 N–H and O–H groups in total. The van der Waals surface area contributed by atoms with Crippen molar-refractivity contribution in [1.82, 2.24) is 5.16 Å². The van der Waals surface area contributed by atoms with Crippen molar-refractivity contribution in [2.75, 3.05) is 26.6 Å². The molecule has 0 atom stereocenters. The molecule has 1 heterocycles. The quantitative estimate of drug-likeness (QED) is 0.508. The Balaban J connectivity index is 1.91. The number of hydrogen-bond donors (Lipinski definition) is 1. The first kappa shape index (κ1) is 22.5. The Morgan fingerprint density at radius 3 is 2.32 bits per heavy atom. The SMILES string of the molecule is COC(=O)c1c(-c2c(Cl)cccc2Cl)noc1NC(=O)Cc1ccc(OC)c(OC)c1. The fourth-order valence-electron chi connectivity index (χ4n) is 2.91. The van der Waals surface area contributed by atoms with Gasteiger partial charge >= 0.3 is 5.97 Å². The molecule has 0 saturated carbocycles. The average Bonchev–Trinajstić information content (AvgIpc) is 3.15. The molecule has 1 amide bonds. The van der Waals surface area contributed by atoms with Crippen LogP contribution in [0.1, 0.15) is 15.9 Å². The van der Waals surface area contributed by atoms with Gasteiger partial charge in [0, 0.05) is 5.56 Å². The third-order valence-corrected chi connectivity index (χ3v) is 4.98. The van der Waals surface area contributed by atoms with Crippen LogP contribution >= 0.6 is 23.2 Å². The van der Waals surface area contributed by atoms with Crippen LogP contribution in [-0.2, 0) is 16.0 Å². The lowest BCUT2D eigenvalue weighted by Gasteiger charge is -2.09. The summed E-state index contributed by atoms with van der Waals surface area (Å²) in [5.41, 5.74) is 0.904. The third kappa shape index (κ3) is 4.76. The lowest BCUT2D eigenvalue weighted by molar-refractivity contribution is -0.115. The topological polar surface area (TPSA) is 99.9 Å². The molecule has 3 aromatic rings. The Bertz CT molecular complexity index is 1110. The molecule has 0 unspecified atom stereocenters. The fraction of sp³-hybridized carbons (Fsp3) is 0.190. The highest BCUT2D eigenvalue weighted by molar-refractivity contribution is 6.39. The van der Waals surface area contributed by atoms with Gasteiger partial charge in [-0.05, 0) is 29.8 Å². The minimum Gasteiger partial charge on any atom is -0.493 e. The lowest BCUT2D eigenvalue weighted by Crippen LogP contribution is -2.16. The highest BCUT2D eigenvalue weighted by Gasteiger charge is 2.28. The van der Waals surface area contributed by atoms with Gasteiger partial charge in [0.25, 0.3) is 0 Å². The number of ether oxygens (including phenoxy) is 3. The van der Waals surface area contributed by atoms with Crippen LogP contribution in [0, 0.1) is 0 Å². The molecule has 31 heavy (non-hydrogen) atoms. The maximum absolute atomic E-state index is 12.6. The van der Waals surface area contributed by atoms with E-state index in [0.717, 1.165) is 0 Å². The van der Waals surface area contributed by atoms with E-state index >= 15 is 0 Å². The molecule has 0 aliphatic carbocycles. The van der Waals surface area contributed by atoms with Crippen LogP contribution < -0.4 is 14.8 Å². The van der Waals surface area contributed by atoms with Crippen molar-refractivity contribution >= 4 is 41.0 Å². The fourth-order valence-corrected chi connectivity index (χ4v) is 3.48. The number of methoxy groups -OCH3 is 3. The zero-order valence-electron chi connectivity index (χ0n) is 16.8. The van der Waals surface area contributed by atoms with E-state index in [-0.39, 0.29) is 39.2 Å². The maximum Gasteiger partial charge on any atom is 0.345 e. The number of carbonyl (C=O) groups excluding carboxylic acids is 2. The van der Waals surface area contributed by atoms with Gasteiger partial charge in [-0.15, -0.1) is 0 Å². The van der Waals surface area contributed by atoms with E-state index in [1.54, 1.807) is 36.4 Å². The van der Waals surface area contributed by atoms with Gasteiger partial charge in [-0.1, -0.05) is 40.5 Å². The number of rotatable bonds is 7. The molecule has 3 rings (SSSR count). The average molecular weight is 465 g/mol. The predicted octanol–water partition coefficient (Wildman–Crippen LogP) is 4.63. The Morgan fingerprint density at radius 1 is 1.03 bits per heavy atom. The summed E-state index contributed by atoms with van der Waals surface area (Å²) in [6.45, 7) is 0. The number of hydrogen-bond acceptors (Lipinski definition) is 7. The van der Waals surface area contributed by atoms with Crippen LogP contribution in [0.5, 0.6) is 11.5 Å². The Kier molecular flexibility index (Phi) is 7.04. The first-order chi connectivity index (χ1) is 14.9. The van der Waals surface area contributed by atoms with E-state index < -0.39 is 11.9 Å². The number of halogens is 2. The highest BCUT2D eigenvalue weighted by Crippen LogP contribution is 2.38. The van der Waals surface area contributed by atoms with Crippen molar-refractivity contribution < 1.29 is 28.3 Å². The summed E-state index contributed by atoms with van der Waals surface area (Å²) in [6.07, 6.45) is -0.0240. The van der Waals surface area contributed by atoms with Crippen molar-refractivity contribution in [3.05, 3.63) is 57.6 Å². The second-order valence-corrected chi connectivity index (χ2v) is 7.05. The van der Waals surface area contributed by atoms with Crippen LogP contribution in [0.2, 0.25) is 10.0 Å². The number of nitrogens with zero attached hydrogens (tertiary/aromatic N) is 1. The van der Waals surface area contributed by atoms with Gasteiger partial charge in [-0.2, -0.15) is 0 Å². The minimum absolute atomic E-state index is 0.0240. The maximum atomic E-state index is 12.6. The number of nitrogens with one attached hydrogen (secondary N) is 1. The van der Waals surface area contributed by atoms with Crippen LogP contribution in [0.4, 0.5) is 5.88 Å². The van der Waals surface area contributed by atoms with Crippen LogP contribution in [-0.4, -0.2) is 38.4 Å². The van der Waals surface area contributed by atoms with E-state index in [4.69, 9.17) is 41.9 Å². The highest BCUT2D eigenvalue weighted by atomic mass is 35.5. The number of benzene rings is 2.